The Hall–Kier alpha value is -3.32. The highest BCUT2D eigenvalue weighted by molar-refractivity contribution is 9.10. The highest BCUT2D eigenvalue weighted by Gasteiger charge is 2.13. The minimum Gasteiger partial charge on any atom is -0.507 e. The van der Waals surface area contributed by atoms with E-state index in [2.05, 4.69) is 26.5 Å². The van der Waals surface area contributed by atoms with E-state index >= 15 is 0 Å². The number of ether oxygens (including phenoxy) is 2. The molecule has 0 atom stereocenters. The first-order chi connectivity index (χ1) is 14.6. The number of para-hydroxylation sites is 1. The third-order valence-corrected chi connectivity index (χ3v) is 4.68. The fourth-order valence-corrected chi connectivity index (χ4v) is 3.26. The van der Waals surface area contributed by atoms with Crippen molar-refractivity contribution in [2.24, 2.45) is 5.10 Å². The van der Waals surface area contributed by atoms with Gasteiger partial charge in [0.15, 0.2) is 11.5 Å². The molecule has 0 radical (unpaired) electrons. The summed E-state index contributed by atoms with van der Waals surface area (Å²) in [5.74, 6) is 0.551. The third-order valence-electron chi connectivity index (χ3n) is 4.09. The molecule has 3 aromatic carbocycles. The minimum absolute atomic E-state index is 0.105. The summed E-state index contributed by atoms with van der Waals surface area (Å²) in [5.41, 5.74) is 4.30. The molecule has 0 fully saturated rings. The molecule has 0 bridgehead atoms. The van der Waals surface area contributed by atoms with Crippen molar-refractivity contribution in [2.45, 2.75) is 13.5 Å². The van der Waals surface area contributed by atoms with Crippen LogP contribution >= 0.6 is 15.9 Å². The van der Waals surface area contributed by atoms with Gasteiger partial charge in [-0.3, -0.25) is 4.79 Å². The third kappa shape index (κ3) is 5.61. The Balaban J connectivity index is 1.73. The lowest BCUT2D eigenvalue weighted by Crippen LogP contribution is -2.17. The number of nitrogens with zero attached hydrogens (tertiary/aromatic N) is 1. The maximum absolute atomic E-state index is 12.1. The average Bonchev–Trinajstić information content (AvgIpc) is 2.74. The van der Waals surface area contributed by atoms with E-state index in [9.17, 15) is 9.90 Å². The number of hydrogen-bond acceptors (Lipinski definition) is 5. The SMILES string of the molecule is CCOc1cc(/C=N/NC(=O)c2ccccc2O)cc(Br)c1OCc1ccccc1. The van der Waals surface area contributed by atoms with Crippen LogP contribution in [0.5, 0.6) is 17.2 Å². The van der Waals surface area contributed by atoms with Crippen molar-refractivity contribution in [1.29, 1.82) is 0 Å². The Labute approximate surface area is 183 Å². The topological polar surface area (TPSA) is 80.2 Å². The molecule has 0 saturated heterocycles. The van der Waals surface area contributed by atoms with Crippen LogP contribution in [-0.4, -0.2) is 23.8 Å². The number of hydrogen-bond donors (Lipinski definition) is 2. The van der Waals surface area contributed by atoms with Crippen LogP contribution in [0.1, 0.15) is 28.4 Å². The molecule has 7 heteroatoms. The second kappa shape index (κ2) is 10.5. The molecule has 0 aromatic heterocycles. The first-order valence-corrected chi connectivity index (χ1v) is 10.1. The van der Waals surface area contributed by atoms with Crippen LogP contribution in [0.15, 0.2) is 76.3 Å². The molecule has 1 amide bonds. The van der Waals surface area contributed by atoms with Crippen molar-refractivity contribution in [3.05, 3.63) is 87.9 Å². The number of halogens is 1. The van der Waals surface area contributed by atoms with Crippen molar-refractivity contribution in [1.82, 2.24) is 5.43 Å². The van der Waals surface area contributed by atoms with Gasteiger partial charge in [-0.2, -0.15) is 5.10 Å². The van der Waals surface area contributed by atoms with E-state index in [4.69, 9.17) is 9.47 Å². The van der Waals surface area contributed by atoms with E-state index in [0.29, 0.717) is 34.7 Å². The Morgan fingerprint density at radius 2 is 1.83 bits per heavy atom. The van der Waals surface area contributed by atoms with E-state index in [-0.39, 0.29) is 11.3 Å². The van der Waals surface area contributed by atoms with Crippen LogP contribution in [0.4, 0.5) is 0 Å². The van der Waals surface area contributed by atoms with Gasteiger partial charge in [0.25, 0.3) is 5.91 Å². The molecule has 0 unspecified atom stereocenters. The summed E-state index contributed by atoms with van der Waals surface area (Å²) in [5, 5.41) is 13.7. The molecule has 0 heterocycles. The summed E-state index contributed by atoms with van der Waals surface area (Å²) in [7, 11) is 0. The number of hydrazone groups is 1. The molecule has 154 valence electrons. The van der Waals surface area contributed by atoms with E-state index in [1.165, 1.54) is 18.3 Å². The van der Waals surface area contributed by atoms with Gasteiger partial charge in [0.2, 0.25) is 0 Å². The van der Waals surface area contributed by atoms with Gasteiger partial charge in [0.1, 0.15) is 12.4 Å². The summed E-state index contributed by atoms with van der Waals surface area (Å²) >= 11 is 3.52. The molecule has 0 aliphatic heterocycles. The molecule has 30 heavy (non-hydrogen) atoms. The molecule has 6 nitrogen and oxygen atoms in total. The molecule has 0 aliphatic rings. The lowest BCUT2D eigenvalue weighted by Gasteiger charge is -2.14. The number of rotatable bonds is 8. The van der Waals surface area contributed by atoms with Gasteiger partial charge in [-0.05, 0) is 58.2 Å². The largest absolute Gasteiger partial charge is 0.507 e. The monoisotopic (exact) mass is 468 g/mol. The van der Waals surface area contributed by atoms with E-state index < -0.39 is 5.91 Å². The standard InChI is InChI=1S/C23H21BrN2O4/c1-2-29-21-13-17(14-25-26-23(28)18-10-6-7-11-20(18)27)12-19(24)22(21)30-15-16-8-4-3-5-9-16/h3-14,27H,2,15H2,1H3,(H,26,28)/b25-14+. The number of carbonyl (C=O) groups is 1. The zero-order valence-electron chi connectivity index (χ0n) is 16.3. The molecule has 3 aromatic rings. The van der Waals surface area contributed by atoms with Crippen LogP contribution < -0.4 is 14.9 Å². The minimum atomic E-state index is -0.503. The van der Waals surface area contributed by atoms with Gasteiger partial charge in [-0.25, -0.2) is 5.43 Å². The molecular formula is C23H21BrN2O4. The second-order valence-electron chi connectivity index (χ2n) is 6.25. The highest BCUT2D eigenvalue weighted by Crippen LogP contribution is 2.37. The fourth-order valence-electron chi connectivity index (χ4n) is 2.69. The fraction of sp³-hybridized carbons (Fsp3) is 0.130. The van der Waals surface area contributed by atoms with Crippen LogP contribution in [0.2, 0.25) is 0 Å². The summed E-state index contributed by atoms with van der Waals surface area (Å²) in [6, 6.07) is 19.7. The summed E-state index contributed by atoms with van der Waals surface area (Å²) in [4.78, 5) is 12.1. The molecule has 3 rings (SSSR count). The maximum Gasteiger partial charge on any atom is 0.275 e. The van der Waals surface area contributed by atoms with Gasteiger partial charge in [0.05, 0.1) is 22.9 Å². The molecule has 0 aliphatic carbocycles. The Bertz CT molecular complexity index is 1040. The number of amides is 1. The number of phenolic OH excluding ortho intramolecular Hbond substituents is 1. The second-order valence-corrected chi connectivity index (χ2v) is 7.11. The maximum atomic E-state index is 12.1. The summed E-state index contributed by atoms with van der Waals surface area (Å²) in [6.45, 7) is 2.77. The van der Waals surface area contributed by atoms with Gasteiger partial charge in [-0.15, -0.1) is 0 Å². The van der Waals surface area contributed by atoms with Gasteiger partial charge in [-0.1, -0.05) is 42.5 Å². The summed E-state index contributed by atoms with van der Waals surface area (Å²) in [6.07, 6.45) is 1.49. The van der Waals surface area contributed by atoms with Gasteiger partial charge >= 0.3 is 0 Å². The van der Waals surface area contributed by atoms with Crippen molar-refractivity contribution in [3.63, 3.8) is 0 Å². The Kier molecular flexibility index (Phi) is 7.45. The van der Waals surface area contributed by atoms with E-state index in [0.717, 1.165) is 5.56 Å². The normalized spacial score (nSPS) is 10.7. The quantitative estimate of drug-likeness (QED) is 0.364. The predicted octanol–water partition coefficient (Wildman–Crippen LogP) is 4.90. The van der Waals surface area contributed by atoms with Gasteiger partial charge in [0, 0.05) is 0 Å². The number of carbonyl (C=O) groups excluding carboxylic acids is 1. The number of nitrogens with one attached hydrogen (secondary N) is 1. The first kappa shape index (κ1) is 21.4. The van der Waals surface area contributed by atoms with Crippen LogP contribution in [0.25, 0.3) is 0 Å². The van der Waals surface area contributed by atoms with Crippen LogP contribution in [-0.2, 0) is 6.61 Å². The van der Waals surface area contributed by atoms with Crippen molar-refractivity contribution in [2.75, 3.05) is 6.61 Å². The van der Waals surface area contributed by atoms with Crippen LogP contribution in [0, 0.1) is 0 Å². The Morgan fingerprint density at radius 1 is 1.10 bits per heavy atom. The number of aromatic hydroxyl groups is 1. The average molecular weight is 469 g/mol. The van der Waals surface area contributed by atoms with Crippen molar-refractivity contribution < 1.29 is 19.4 Å². The van der Waals surface area contributed by atoms with E-state index in [1.807, 2.05) is 43.3 Å². The molecule has 0 saturated carbocycles. The zero-order valence-corrected chi connectivity index (χ0v) is 17.9. The molecule has 0 spiro atoms. The first-order valence-electron chi connectivity index (χ1n) is 9.33. The number of benzene rings is 3. The smallest absolute Gasteiger partial charge is 0.275 e. The van der Waals surface area contributed by atoms with E-state index in [1.54, 1.807) is 18.2 Å². The zero-order chi connectivity index (χ0) is 21.3. The van der Waals surface area contributed by atoms with Gasteiger partial charge < -0.3 is 14.6 Å². The summed E-state index contributed by atoms with van der Waals surface area (Å²) < 4.78 is 12.4. The number of phenols is 1. The lowest BCUT2D eigenvalue weighted by atomic mass is 10.2. The molecular weight excluding hydrogens is 448 g/mol. The van der Waals surface area contributed by atoms with Crippen molar-refractivity contribution in [3.8, 4) is 17.2 Å². The lowest BCUT2D eigenvalue weighted by molar-refractivity contribution is 0.0952. The predicted molar refractivity (Wildman–Crippen MR) is 119 cm³/mol. The van der Waals surface area contributed by atoms with Crippen LogP contribution in [0.3, 0.4) is 0 Å². The molecule has 2 N–H and O–H groups in total. The highest BCUT2D eigenvalue weighted by atomic mass is 79.9. The Morgan fingerprint density at radius 3 is 2.57 bits per heavy atom. The van der Waals surface area contributed by atoms with Crippen molar-refractivity contribution >= 4 is 28.1 Å².